The normalized spacial score (nSPS) is 15.4. The molecule has 0 unspecified atom stereocenters. The van der Waals surface area contributed by atoms with Gasteiger partial charge in [0.25, 0.3) is 11.1 Å². The van der Waals surface area contributed by atoms with Crippen LogP contribution in [0.2, 0.25) is 0 Å². The number of carbonyl (C=O) groups excluding carboxylic acids is 2. The average Bonchev–Trinajstić information content (AvgIpc) is 2.92. The van der Waals surface area contributed by atoms with Gasteiger partial charge in [-0.25, -0.2) is 0 Å². The molecule has 3 rings (SSSR count). The van der Waals surface area contributed by atoms with Crippen LogP contribution < -0.4 is 9.47 Å². The van der Waals surface area contributed by atoms with E-state index in [1.807, 2.05) is 50.2 Å². The Morgan fingerprint density at radius 2 is 1.96 bits per heavy atom. The maximum absolute atomic E-state index is 12.8. The molecule has 2 aromatic carbocycles. The van der Waals surface area contributed by atoms with Crippen LogP contribution in [-0.2, 0) is 11.3 Å². The first-order chi connectivity index (χ1) is 13.4. The topological polar surface area (TPSA) is 55.8 Å². The summed E-state index contributed by atoms with van der Waals surface area (Å²) < 4.78 is 11.9. The number of imide groups is 1. The Morgan fingerprint density at radius 3 is 2.64 bits per heavy atom. The SMILES string of the molecule is CCOc1c(I)cc(/C=C2\SC(=O)N(Cc3ccccc3C)C2=O)cc1OC. The number of nitrogens with zero attached hydrogens (tertiary/aromatic N) is 1. The van der Waals surface area contributed by atoms with Crippen molar-refractivity contribution >= 4 is 51.6 Å². The summed E-state index contributed by atoms with van der Waals surface area (Å²) in [6.45, 7) is 4.69. The van der Waals surface area contributed by atoms with E-state index < -0.39 is 0 Å². The third kappa shape index (κ3) is 4.35. The van der Waals surface area contributed by atoms with Crippen molar-refractivity contribution in [3.63, 3.8) is 0 Å². The number of rotatable bonds is 6. The largest absolute Gasteiger partial charge is 0.493 e. The minimum atomic E-state index is -0.277. The Kier molecular flexibility index (Phi) is 6.66. The number of ether oxygens (including phenoxy) is 2. The van der Waals surface area contributed by atoms with Gasteiger partial charge in [0.1, 0.15) is 0 Å². The molecule has 0 aliphatic carbocycles. The first-order valence-corrected chi connectivity index (χ1v) is 10.6. The molecule has 1 heterocycles. The Hall–Kier alpha value is -2.00. The van der Waals surface area contributed by atoms with Crippen LogP contribution in [0.15, 0.2) is 41.3 Å². The van der Waals surface area contributed by atoms with Gasteiger partial charge in [-0.1, -0.05) is 24.3 Å². The average molecular weight is 509 g/mol. The molecular weight excluding hydrogens is 489 g/mol. The zero-order valence-corrected chi connectivity index (χ0v) is 18.8. The lowest BCUT2D eigenvalue weighted by Crippen LogP contribution is -2.27. The quantitative estimate of drug-likeness (QED) is 0.394. The summed E-state index contributed by atoms with van der Waals surface area (Å²) in [5, 5.41) is -0.257. The fraction of sp³-hybridized carbons (Fsp3) is 0.238. The van der Waals surface area contributed by atoms with Crippen LogP contribution in [0, 0.1) is 10.5 Å². The number of methoxy groups -OCH3 is 1. The molecule has 0 saturated carbocycles. The van der Waals surface area contributed by atoms with E-state index in [4.69, 9.17) is 9.47 Å². The van der Waals surface area contributed by atoms with E-state index in [0.29, 0.717) is 23.0 Å². The van der Waals surface area contributed by atoms with Gasteiger partial charge >= 0.3 is 0 Å². The Morgan fingerprint density at radius 1 is 1.21 bits per heavy atom. The number of thioether (sulfide) groups is 1. The molecular formula is C21H20INO4S. The molecule has 0 atom stereocenters. The molecule has 0 spiro atoms. The second kappa shape index (κ2) is 9.00. The number of aryl methyl sites for hydroxylation is 1. The number of amides is 2. The molecule has 1 aliphatic rings. The van der Waals surface area contributed by atoms with Crippen LogP contribution in [0.25, 0.3) is 6.08 Å². The summed E-state index contributed by atoms with van der Waals surface area (Å²) in [5.41, 5.74) is 2.80. The maximum atomic E-state index is 12.8. The summed E-state index contributed by atoms with van der Waals surface area (Å²) in [6.07, 6.45) is 1.73. The van der Waals surface area contributed by atoms with E-state index >= 15 is 0 Å². The second-order valence-corrected chi connectivity index (χ2v) is 8.32. The van der Waals surface area contributed by atoms with Gasteiger partial charge in [-0.3, -0.25) is 14.5 Å². The van der Waals surface area contributed by atoms with Crippen molar-refractivity contribution in [1.82, 2.24) is 4.90 Å². The third-order valence-electron chi connectivity index (χ3n) is 4.30. The third-order valence-corrected chi connectivity index (χ3v) is 6.01. The second-order valence-electron chi connectivity index (χ2n) is 6.16. The van der Waals surface area contributed by atoms with Crippen molar-refractivity contribution in [2.24, 2.45) is 0 Å². The van der Waals surface area contributed by atoms with Crippen LogP contribution in [0.4, 0.5) is 4.79 Å². The maximum Gasteiger partial charge on any atom is 0.293 e. The van der Waals surface area contributed by atoms with Crippen molar-refractivity contribution in [3.8, 4) is 11.5 Å². The van der Waals surface area contributed by atoms with E-state index in [-0.39, 0.29) is 17.7 Å². The highest BCUT2D eigenvalue weighted by molar-refractivity contribution is 14.1. The molecule has 1 aliphatic heterocycles. The van der Waals surface area contributed by atoms with E-state index in [1.54, 1.807) is 13.2 Å². The van der Waals surface area contributed by atoms with E-state index in [0.717, 1.165) is 32.0 Å². The molecule has 1 fully saturated rings. The van der Waals surface area contributed by atoms with E-state index in [9.17, 15) is 9.59 Å². The predicted octanol–water partition coefficient (Wildman–Crippen LogP) is 5.24. The molecule has 2 amide bonds. The van der Waals surface area contributed by atoms with E-state index in [1.165, 1.54) is 4.90 Å². The molecule has 146 valence electrons. The molecule has 2 aromatic rings. The van der Waals surface area contributed by atoms with Gasteiger partial charge in [0.2, 0.25) is 0 Å². The summed E-state index contributed by atoms with van der Waals surface area (Å²) in [6, 6.07) is 11.5. The van der Waals surface area contributed by atoms with Gasteiger partial charge in [-0.15, -0.1) is 0 Å². The minimum Gasteiger partial charge on any atom is -0.493 e. The van der Waals surface area contributed by atoms with Crippen molar-refractivity contribution < 1.29 is 19.1 Å². The van der Waals surface area contributed by atoms with Crippen molar-refractivity contribution in [1.29, 1.82) is 0 Å². The van der Waals surface area contributed by atoms with Crippen molar-refractivity contribution in [3.05, 3.63) is 61.6 Å². The number of carbonyl (C=O) groups is 2. The van der Waals surface area contributed by atoms with Crippen LogP contribution in [0.5, 0.6) is 11.5 Å². The highest BCUT2D eigenvalue weighted by Gasteiger charge is 2.35. The summed E-state index contributed by atoms with van der Waals surface area (Å²) >= 11 is 3.13. The lowest BCUT2D eigenvalue weighted by atomic mass is 10.1. The smallest absolute Gasteiger partial charge is 0.293 e. The highest BCUT2D eigenvalue weighted by atomic mass is 127. The molecule has 7 heteroatoms. The van der Waals surface area contributed by atoms with Gasteiger partial charge < -0.3 is 9.47 Å². The zero-order valence-electron chi connectivity index (χ0n) is 15.8. The lowest BCUT2D eigenvalue weighted by molar-refractivity contribution is -0.123. The number of benzene rings is 2. The number of halogens is 1. The molecule has 28 heavy (non-hydrogen) atoms. The zero-order chi connectivity index (χ0) is 20.3. The monoisotopic (exact) mass is 509 g/mol. The minimum absolute atomic E-state index is 0.257. The molecule has 0 N–H and O–H groups in total. The fourth-order valence-corrected chi connectivity index (χ4v) is 4.47. The van der Waals surface area contributed by atoms with Gasteiger partial charge in [0.15, 0.2) is 11.5 Å². The van der Waals surface area contributed by atoms with Gasteiger partial charge in [0.05, 0.1) is 28.7 Å². The number of hydrogen-bond donors (Lipinski definition) is 0. The molecule has 1 saturated heterocycles. The molecule has 0 radical (unpaired) electrons. The standard InChI is InChI=1S/C21H20INO4S/c1-4-27-19-16(22)9-14(10-17(19)26-3)11-18-20(24)23(21(25)28-18)12-15-8-6-5-7-13(15)2/h5-11H,4,12H2,1-3H3/b18-11-. The molecule has 0 bridgehead atoms. The first-order valence-electron chi connectivity index (χ1n) is 8.74. The van der Waals surface area contributed by atoms with Crippen LogP contribution in [0.1, 0.15) is 23.6 Å². The highest BCUT2D eigenvalue weighted by Crippen LogP contribution is 2.37. The van der Waals surface area contributed by atoms with Crippen molar-refractivity contribution in [2.45, 2.75) is 20.4 Å². The van der Waals surface area contributed by atoms with Crippen molar-refractivity contribution in [2.75, 3.05) is 13.7 Å². The van der Waals surface area contributed by atoms with Gasteiger partial charge in [0, 0.05) is 0 Å². The summed E-state index contributed by atoms with van der Waals surface area (Å²) in [5.74, 6) is 0.996. The first kappa shape index (κ1) is 20.7. The Balaban J connectivity index is 1.87. The van der Waals surface area contributed by atoms with Crippen LogP contribution >= 0.6 is 34.4 Å². The molecule has 0 aromatic heterocycles. The Bertz CT molecular complexity index is 957. The van der Waals surface area contributed by atoms with E-state index in [2.05, 4.69) is 22.6 Å². The fourth-order valence-electron chi connectivity index (χ4n) is 2.85. The Labute approximate surface area is 182 Å². The van der Waals surface area contributed by atoms with Gasteiger partial charge in [-0.2, -0.15) is 0 Å². The molecule has 5 nitrogen and oxygen atoms in total. The van der Waals surface area contributed by atoms with Crippen LogP contribution in [-0.4, -0.2) is 29.8 Å². The lowest BCUT2D eigenvalue weighted by Gasteiger charge is -2.14. The van der Waals surface area contributed by atoms with Gasteiger partial charge in [-0.05, 0) is 83.1 Å². The summed E-state index contributed by atoms with van der Waals surface area (Å²) in [7, 11) is 1.58. The van der Waals surface area contributed by atoms with Crippen LogP contribution in [0.3, 0.4) is 0 Å². The summed E-state index contributed by atoms with van der Waals surface area (Å²) in [4.78, 5) is 26.9. The predicted molar refractivity (Wildman–Crippen MR) is 120 cm³/mol. The number of hydrogen-bond acceptors (Lipinski definition) is 5.